The van der Waals surface area contributed by atoms with E-state index in [9.17, 15) is 18.4 Å². The van der Waals surface area contributed by atoms with Gasteiger partial charge in [-0.2, -0.15) is 5.10 Å². The van der Waals surface area contributed by atoms with Crippen molar-refractivity contribution < 1.29 is 23.1 Å². The van der Waals surface area contributed by atoms with Gasteiger partial charge >= 0.3 is 0 Å². The molecule has 0 radical (unpaired) electrons. The van der Waals surface area contributed by atoms with Gasteiger partial charge in [0, 0.05) is 64.0 Å². The maximum absolute atomic E-state index is 13.8. The number of allylic oxidation sites excluding steroid dienone is 4. The molecule has 4 aliphatic rings. The van der Waals surface area contributed by atoms with Crippen molar-refractivity contribution in [3.05, 3.63) is 52.0 Å². The number of hydrogen-bond acceptors (Lipinski definition) is 5. The van der Waals surface area contributed by atoms with Gasteiger partial charge in [0.1, 0.15) is 0 Å². The topological polar surface area (TPSA) is 79.7 Å². The third-order valence-corrected chi connectivity index (χ3v) is 9.28. The van der Waals surface area contributed by atoms with Gasteiger partial charge < -0.3 is 15.0 Å². The summed E-state index contributed by atoms with van der Waals surface area (Å²) in [5.41, 5.74) is 4.68. The van der Waals surface area contributed by atoms with E-state index in [2.05, 4.69) is 21.4 Å². The van der Waals surface area contributed by atoms with Crippen molar-refractivity contribution >= 4 is 11.8 Å². The van der Waals surface area contributed by atoms with E-state index in [1.165, 1.54) is 19.3 Å². The lowest BCUT2D eigenvalue weighted by Crippen LogP contribution is -2.49. The smallest absolute Gasteiger partial charge is 0.259 e. The highest BCUT2D eigenvalue weighted by molar-refractivity contribution is 5.98. The second-order valence-electron chi connectivity index (χ2n) is 12.2. The molecule has 5 rings (SSSR count). The van der Waals surface area contributed by atoms with Crippen molar-refractivity contribution in [3.8, 4) is 0 Å². The van der Waals surface area contributed by atoms with Gasteiger partial charge in [-0.15, -0.1) is 0 Å². The minimum atomic E-state index is -2.61. The van der Waals surface area contributed by atoms with Crippen molar-refractivity contribution in [2.75, 3.05) is 46.4 Å². The highest BCUT2D eigenvalue weighted by Crippen LogP contribution is 2.39. The number of methoxy groups -OCH3 is 1. The zero-order valence-corrected chi connectivity index (χ0v) is 25.1. The van der Waals surface area contributed by atoms with Crippen molar-refractivity contribution in [1.82, 2.24) is 24.9 Å². The van der Waals surface area contributed by atoms with Crippen LogP contribution in [0, 0.1) is 0 Å². The number of unbranched alkanes of at least 4 members (excludes halogenated alkanes) is 3. The fourth-order valence-corrected chi connectivity index (χ4v) is 6.66. The molecule has 1 aromatic heterocycles. The van der Waals surface area contributed by atoms with Crippen LogP contribution in [0.5, 0.6) is 0 Å². The number of nitrogens with zero attached hydrogens (tertiary/aromatic N) is 4. The summed E-state index contributed by atoms with van der Waals surface area (Å²) in [7, 11) is 1.74. The molecular weight excluding hydrogens is 540 g/mol. The van der Waals surface area contributed by atoms with Gasteiger partial charge in [0.25, 0.3) is 5.91 Å². The van der Waals surface area contributed by atoms with Gasteiger partial charge in [0.2, 0.25) is 11.8 Å². The van der Waals surface area contributed by atoms with E-state index in [0.29, 0.717) is 37.7 Å². The van der Waals surface area contributed by atoms with Crippen LogP contribution in [0.25, 0.3) is 0 Å². The Morgan fingerprint density at radius 3 is 2.57 bits per heavy atom. The summed E-state index contributed by atoms with van der Waals surface area (Å²) in [6, 6.07) is -0.117. The minimum Gasteiger partial charge on any atom is -0.385 e. The van der Waals surface area contributed by atoms with Crippen molar-refractivity contribution in [2.24, 2.45) is 0 Å². The summed E-state index contributed by atoms with van der Waals surface area (Å²) < 4.78 is 34.5. The highest BCUT2D eigenvalue weighted by Gasteiger charge is 2.37. The summed E-state index contributed by atoms with van der Waals surface area (Å²) in [4.78, 5) is 31.3. The monoisotopic (exact) mass is 585 g/mol. The second kappa shape index (κ2) is 13.6. The molecule has 230 valence electrons. The summed E-state index contributed by atoms with van der Waals surface area (Å²) >= 11 is 0. The Bertz CT molecular complexity index is 1230. The van der Waals surface area contributed by atoms with Gasteiger partial charge in [0.05, 0.1) is 23.5 Å². The lowest BCUT2D eigenvalue weighted by molar-refractivity contribution is -0.129. The van der Waals surface area contributed by atoms with Gasteiger partial charge in [0.15, 0.2) is 0 Å². The second-order valence-corrected chi connectivity index (χ2v) is 12.2. The van der Waals surface area contributed by atoms with Gasteiger partial charge in [-0.05, 0) is 75.6 Å². The zero-order valence-electron chi connectivity index (χ0n) is 25.1. The lowest BCUT2D eigenvalue weighted by Gasteiger charge is -2.35. The largest absolute Gasteiger partial charge is 0.385 e. The first-order valence-corrected chi connectivity index (χ1v) is 15.6. The molecule has 2 aliphatic carbocycles. The van der Waals surface area contributed by atoms with Crippen molar-refractivity contribution in [3.63, 3.8) is 0 Å². The van der Waals surface area contributed by atoms with Crippen LogP contribution in [0.15, 0.2) is 40.8 Å². The summed E-state index contributed by atoms with van der Waals surface area (Å²) in [6.07, 6.45) is 12.5. The molecule has 2 fully saturated rings. The molecule has 1 N–H and O–H groups in total. The summed E-state index contributed by atoms with van der Waals surface area (Å²) in [5.74, 6) is -2.78. The highest BCUT2D eigenvalue weighted by atomic mass is 19.3. The molecule has 3 heterocycles. The molecule has 42 heavy (non-hydrogen) atoms. The zero-order chi connectivity index (χ0) is 29.7. The Hall–Kier alpha value is -2.85. The number of halogens is 2. The van der Waals surface area contributed by atoms with Crippen LogP contribution in [0.1, 0.15) is 93.2 Å². The fraction of sp³-hybridized carbons (Fsp3) is 0.656. The minimum absolute atomic E-state index is 0.0778. The maximum atomic E-state index is 13.8. The number of aromatic nitrogens is 2. The number of piperazine rings is 1. The molecule has 0 bridgehead atoms. The number of rotatable bonds is 9. The van der Waals surface area contributed by atoms with Crippen LogP contribution < -0.4 is 5.32 Å². The molecule has 2 aliphatic heterocycles. The molecular formula is C32H45F2N5O3. The van der Waals surface area contributed by atoms with E-state index in [0.717, 1.165) is 73.9 Å². The van der Waals surface area contributed by atoms with Crippen LogP contribution in [-0.4, -0.2) is 83.8 Å². The third kappa shape index (κ3) is 7.19. The molecule has 1 saturated carbocycles. The van der Waals surface area contributed by atoms with Crippen molar-refractivity contribution in [2.45, 2.75) is 89.5 Å². The molecule has 0 unspecified atom stereocenters. The first kappa shape index (κ1) is 30.6. The number of fused-ring (bicyclic) bond motifs is 2. The number of hydrogen-bond donors (Lipinski definition) is 1. The van der Waals surface area contributed by atoms with Gasteiger partial charge in [-0.1, -0.05) is 18.9 Å². The third-order valence-electron chi connectivity index (χ3n) is 9.28. The fourth-order valence-electron chi connectivity index (χ4n) is 6.66. The molecule has 0 atom stereocenters. The van der Waals surface area contributed by atoms with Crippen LogP contribution >= 0.6 is 0 Å². The Labute approximate surface area is 247 Å². The molecule has 1 aromatic rings. The molecule has 0 aromatic carbocycles. The maximum Gasteiger partial charge on any atom is 0.259 e. The number of nitrogens with one attached hydrogen (secondary N) is 1. The van der Waals surface area contributed by atoms with Crippen LogP contribution in [0.3, 0.4) is 0 Å². The molecule has 8 nitrogen and oxygen atoms in total. The summed E-state index contributed by atoms with van der Waals surface area (Å²) in [5, 5.41) is 7.55. The predicted octanol–water partition coefficient (Wildman–Crippen LogP) is 5.19. The SMILES string of the molecule is COCCCCCCN1CCN(C(=O)C2=C(C)C=C3NC(=O)c4cnn(C5CCC(F)(F)CC5)c4CCC3=CC2)CC1. The molecule has 2 amide bonds. The van der Waals surface area contributed by atoms with Crippen LogP contribution in [0.4, 0.5) is 8.78 Å². The number of ether oxygens (including phenoxy) is 1. The van der Waals surface area contributed by atoms with Crippen LogP contribution in [-0.2, 0) is 16.0 Å². The van der Waals surface area contributed by atoms with E-state index >= 15 is 0 Å². The van der Waals surface area contributed by atoms with E-state index in [4.69, 9.17) is 4.74 Å². The lowest BCUT2D eigenvalue weighted by atomic mass is 9.91. The quantitative estimate of drug-likeness (QED) is 0.404. The number of alkyl halides is 2. The van der Waals surface area contributed by atoms with E-state index in [1.807, 2.05) is 22.6 Å². The predicted molar refractivity (Wildman–Crippen MR) is 157 cm³/mol. The molecule has 0 spiro atoms. The number of carbonyl (C=O) groups excluding carboxylic acids is 2. The Kier molecular flexibility index (Phi) is 9.93. The Morgan fingerprint density at radius 1 is 1.10 bits per heavy atom. The standard InChI is InChI=1S/C32H45F2N5O3/c1-23-21-28-24(7-9-26(23)31(41)38-18-16-37(17-19-38)15-5-3-4-6-20-42-2)8-10-29-27(30(40)36-28)22-35-39(29)25-11-13-32(33,34)14-12-25/h7,21-22,25H,3-6,8-20H2,1-2H3,(H,36,40). The number of amides is 2. The normalized spacial score (nSPS) is 21.9. The van der Waals surface area contributed by atoms with Crippen LogP contribution in [0.2, 0.25) is 0 Å². The average Bonchev–Trinajstić information content (AvgIpc) is 3.32. The molecule has 1 saturated heterocycles. The summed E-state index contributed by atoms with van der Waals surface area (Å²) in [6.45, 7) is 7.08. The van der Waals surface area contributed by atoms with E-state index in [1.54, 1.807) is 13.3 Å². The first-order chi connectivity index (χ1) is 20.3. The number of carbonyl (C=O) groups is 2. The average molecular weight is 586 g/mol. The molecule has 10 heteroatoms. The first-order valence-electron chi connectivity index (χ1n) is 15.6. The van der Waals surface area contributed by atoms with E-state index in [-0.39, 0.29) is 30.7 Å². The van der Waals surface area contributed by atoms with Gasteiger partial charge in [-0.25, -0.2) is 8.78 Å². The Morgan fingerprint density at radius 2 is 1.83 bits per heavy atom. The van der Waals surface area contributed by atoms with Gasteiger partial charge in [-0.3, -0.25) is 19.2 Å². The Balaban J connectivity index is 1.20. The van der Waals surface area contributed by atoms with E-state index < -0.39 is 5.92 Å². The van der Waals surface area contributed by atoms with Crippen molar-refractivity contribution in [1.29, 1.82) is 0 Å².